The van der Waals surface area contributed by atoms with Crippen molar-refractivity contribution in [1.82, 2.24) is 0 Å². The highest BCUT2D eigenvalue weighted by molar-refractivity contribution is 7.53. The minimum atomic E-state index is -2.90. The average molecular weight is 314 g/mol. The number of unbranched alkanes of at least 4 members (excludes halogenated alkanes) is 1. The third kappa shape index (κ3) is 7.12. The number of ether oxygens (including phenoxy) is 1. The topological polar surface area (TPSA) is 44.8 Å². The maximum absolute atomic E-state index is 12.2. The van der Waals surface area contributed by atoms with Crippen molar-refractivity contribution >= 4 is 7.60 Å². The van der Waals surface area contributed by atoms with E-state index in [1.165, 1.54) is 5.56 Å². The summed E-state index contributed by atoms with van der Waals surface area (Å²) in [4.78, 5) is 0. The van der Waals surface area contributed by atoms with Crippen molar-refractivity contribution in [3.05, 3.63) is 29.8 Å². The van der Waals surface area contributed by atoms with Gasteiger partial charge in [0.05, 0.1) is 26.0 Å². The van der Waals surface area contributed by atoms with Gasteiger partial charge < -0.3 is 13.8 Å². The highest BCUT2D eigenvalue weighted by Crippen LogP contribution is 2.48. The van der Waals surface area contributed by atoms with E-state index in [2.05, 4.69) is 19.1 Å². The summed E-state index contributed by atoms with van der Waals surface area (Å²) in [5.41, 5.74) is 1.30. The average Bonchev–Trinajstić information content (AvgIpc) is 2.48. The Morgan fingerprint density at radius 3 is 2.10 bits per heavy atom. The summed E-state index contributed by atoms with van der Waals surface area (Å²) in [5, 5.41) is 0. The fourth-order valence-corrected chi connectivity index (χ4v) is 3.71. The molecule has 5 heteroatoms. The monoisotopic (exact) mass is 314 g/mol. The normalized spacial score (nSPS) is 11.6. The molecule has 0 heterocycles. The van der Waals surface area contributed by atoms with Crippen molar-refractivity contribution < 1.29 is 18.3 Å². The van der Waals surface area contributed by atoms with Gasteiger partial charge in [-0.3, -0.25) is 4.57 Å². The largest absolute Gasteiger partial charge is 0.494 e. The van der Waals surface area contributed by atoms with E-state index in [9.17, 15) is 4.57 Å². The van der Waals surface area contributed by atoms with Crippen LogP contribution in [0.5, 0.6) is 5.75 Å². The third-order valence-electron chi connectivity index (χ3n) is 3.08. The first-order valence-corrected chi connectivity index (χ1v) is 9.46. The van der Waals surface area contributed by atoms with Crippen LogP contribution in [0.25, 0.3) is 0 Å². The molecule has 0 amide bonds. The fourth-order valence-electron chi connectivity index (χ4n) is 1.98. The van der Waals surface area contributed by atoms with Crippen LogP contribution in [0, 0.1) is 0 Å². The highest BCUT2D eigenvalue weighted by Gasteiger charge is 2.22. The maximum Gasteiger partial charge on any atom is 0.330 e. The predicted octanol–water partition coefficient (Wildman–Crippen LogP) is 4.67. The Balaban J connectivity index is 2.25. The van der Waals surface area contributed by atoms with Gasteiger partial charge in [0.25, 0.3) is 0 Å². The molecule has 1 rings (SSSR count). The van der Waals surface area contributed by atoms with Gasteiger partial charge in [0.2, 0.25) is 0 Å². The summed E-state index contributed by atoms with van der Waals surface area (Å²) in [5.74, 6) is 0.880. The van der Waals surface area contributed by atoms with Crippen molar-refractivity contribution in [2.24, 2.45) is 0 Å². The summed E-state index contributed by atoms with van der Waals surface area (Å²) in [6.07, 6.45) is 3.08. The van der Waals surface area contributed by atoms with Crippen LogP contribution in [0.2, 0.25) is 0 Å². The summed E-state index contributed by atoms with van der Waals surface area (Å²) < 4.78 is 28.4. The van der Waals surface area contributed by atoms with Gasteiger partial charge in [-0.25, -0.2) is 0 Å². The molecule has 0 saturated carbocycles. The molecule has 0 N–H and O–H groups in total. The SMILES string of the molecule is CCOP(=O)(CCCCOc1ccc(CC)cc1)OCC. The first-order valence-electron chi connectivity index (χ1n) is 7.73. The third-order valence-corrected chi connectivity index (χ3v) is 5.25. The van der Waals surface area contributed by atoms with Crippen LogP contribution in [0.3, 0.4) is 0 Å². The Labute approximate surface area is 128 Å². The van der Waals surface area contributed by atoms with E-state index in [0.717, 1.165) is 25.0 Å². The van der Waals surface area contributed by atoms with Crippen LogP contribution >= 0.6 is 7.60 Å². The van der Waals surface area contributed by atoms with Gasteiger partial charge >= 0.3 is 7.60 Å². The van der Waals surface area contributed by atoms with E-state index >= 15 is 0 Å². The molecule has 0 aliphatic rings. The Morgan fingerprint density at radius 2 is 1.57 bits per heavy atom. The van der Waals surface area contributed by atoms with Crippen LogP contribution in [-0.4, -0.2) is 26.0 Å². The van der Waals surface area contributed by atoms with Gasteiger partial charge in [-0.2, -0.15) is 0 Å². The first-order chi connectivity index (χ1) is 10.1. The number of hydrogen-bond donors (Lipinski definition) is 0. The van der Waals surface area contributed by atoms with E-state index in [4.69, 9.17) is 13.8 Å². The molecule has 1 aromatic rings. The Hall–Kier alpha value is -0.830. The summed E-state index contributed by atoms with van der Waals surface area (Å²) in [6.45, 7) is 7.23. The molecule has 0 bridgehead atoms. The van der Waals surface area contributed by atoms with E-state index in [-0.39, 0.29) is 0 Å². The lowest BCUT2D eigenvalue weighted by molar-refractivity contribution is 0.218. The van der Waals surface area contributed by atoms with E-state index in [1.807, 2.05) is 26.0 Å². The number of benzene rings is 1. The van der Waals surface area contributed by atoms with Crippen LogP contribution in [0.1, 0.15) is 39.2 Å². The van der Waals surface area contributed by atoms with Crippen LogP contribution in [0.4, 0.5) is 0 Å². The lowest BCUT2D eigenvalue weighted by Gasteiger charge is -2.16. The maximum atomic E-state index is 12.2. The summed E-state index contributed by atoms with van der Waals surface area (Å²) in [7, 11) is -2.90. The molecule has 21 heavy (non-hydrogen) atoms. The van der Waals surface area contributed by atoms with Gasteiger partial charge in [-0.15, -0.1) is 0 Å². The van der Waals surface area contributed by atoms with Gasteiger partial charge in [0.15, 0.2) is 0 Å². The standard InChI is InChI=1S/C16H27O4P/c1-4-15-9-11-16(12-10-15)18-13-7-8-14-21(17,19-5-2)20-6-3/h9-12H,4-8,13-14H2,1-3H3. The Morgan fingerprint density at radius 1 is 0.952 bits per heavy atom. The zero-order valence-corrected chi connectivity index (χ0v) is 14.2. The highest BCUT2D eigenvalue weighted by atomic mass is 31.2. The molecule has 120 valence electrons. The van der Waals surface area contributed by atoms with Crippen molar-refractivity contribution in [2.45, 2.75) is 40.0 Å². The smallest absolute Gasteiger partial charge is 0.330 e. The second-order valence-electron chi connectivity index (χ2n) is 4.72. The van der Waals surface area contributed by atoms with E-state index in [1.54, 1.807) is 0 Å². The van der Waals surface area contributed by atoms with Crippen LogP contribution in [-0.2, 0) is 20.0 Å². The second-order valence-corrected chi connectivity index (χ2v) is 6.91. The second kappa shape index (κ2) is 9.99. The molecule has 1 aromatic carbocycles. The minimum absolute atomic E-state index is 0.414. The molecular formula is C16H27O4P. The first kappa shape index (κ1) is 18.2. The van der Waals surface area contributed by atoms with Gasteiger partial charge in [-0.1, -0.05) is 19.1 Å². The molecule has 0 aliphatic carbocycles. The van der Waals surface area contributed by atoms with Crippen molar-refractivity contribution in [1.29, 1.82) is 0 Å². The van der Waals surface area contributed by atoms with Crippen molar-refractivity contribution in [3.8, 4) is 5.75 Å². The summed E-state index contributed by atoms with van der Waals surface area (Å²) in [6, 6.07) is 8.13. The number of aryl methyl sites for hydroxylation is 1. The quantitative estimate of drug-likeness (QED) is 0.439. The van der Waals surface area contributed by atoms with Crippen LogP contribution in [0.15, 0.2) is 24.3 Å². The predicted molar refractivity (Wildman–Crippen MR) is 86.3 cm³/mol. The van der Waals surface area contributed by atoms with Crippen molar-refractivity contribution in [3.63, 3.8) is 0 Å². The molecule has 0 aliphatic heterocycles. The number of rotatable bonds is 11. The fraction of sp³-hybridized carbons (Fsp3) is 0.625. The van der Waals surface area contributed by atoms with E-state index < -0.39 is 7.60 Å². The van der Waals surface area contributed by atoms with Gasteiger partial charge in [-0.05, 0) is 50.8 Å². The number of hydrogen-bond acceptors (Lipinski definition) is 4. The molecule has 0 saturated heterocycles. The lowest BCUT2D eigenvalue weighted by Crippen LogP contribution is -2.03. The molecule has 0 radical (unpaired) electrons. The molecule has 0 fully saturated rings. The summed E-state index contributed by atoms with van der Waals surface area (Å²) >= 11 is 0. The molecular weight excluding hydrogens is 287 g/mol. The Bertz CT molecular complexity index is 420. The van der Waals surface area contributed by atoms with Crippen LogP contribution < -0.4 is 4.74 Å². The molecule has 0 unspecified atom stereocenters. The zero-order chi connectivity index (χ0) is 15.6. The lowest BCUT2D eigenvalue weighted by atomic mass is 10.2. The molecule has 0 spiro atoms. The molecule has 0 aromatic heterocycles. The zero-order valence-electron chi connectivity index (χ0n) is 13.3. The molecule has 0 atom stereocenters. The minimum Gasteiger partial charge on any atom is -0.494 e. The van der Waals surface area contributed by atoms with E-state index in [0.29, 0.717) is 26.0 Å². The Kier molecular flexibility index (Phi) is 8.67. The van der Waals surface area contributed by atoms with Crippen molar-refractivity contribution in [2.75, 3.05) is 26.0 Å². The van der Waals surface area contributed by atoms with Gasteiger partial charge in [0, 0.05) is 0 Å². The van der Waals surface area contributed by atoms with Gasteiger partial charge in [0.1, 0.15) is 5.75 Å². The molecule has 4 nitrogen and oxygen atoms in total.